The quantitative estimate of drug-likeness (QED) is 0.918. The van der Waals surface area contributed by atoms with Gasteiger partial charge >= 0.3 is 0 Å². The first-order valence-corrected chi connectivity index (χ1v) is 6.70. The largest absolute Gasteiger partial charge is 0.324 e. The van der Waals surface area contributed by atoms with Gasteiger partial charge < -0.3 is 5.73 Å². The summed E-state index contributed by atoms with van der Waals surface area (Å²) in [6.45, 7) is 6.01. The molecule has 1 heterocycles. The van der Waals surface area contributed by atoms with Crippen LogP contribution in [0.15, 0.2) is 24.3 Å². The molecule has 3 nitrogen and oxygen atoms in total. The van der Waals surface area contributed by atoms with Crippen molar-refractivity contribution in [1.82, 2.24) is 9.78 Å². The van der Waals surface area contributed by atoms with Crippen LogP contribution in [0.5, 0.6) is 0 Å². The molecule has 0 fully saturated rings. The van der Waals surface area contributed by atoms with Gasteiger partial charge in [-0.2, -0.15) is 5.10 Å². The lowest BCUT2D eigenvalue weighted by molar-refractivity contribution is 0.619. The predicted octanol–water partition coefficient (Wildman–Crippen LogP) is 3.16. The summed E-state index contributed by atoms with van der Waals surface area (Å²) in [5.74, 6) is -0.267. The van der Waals surface area contributed by atoms with Gasteiger partial charge in [-0.05, 0) is 49.6 Å². The Morgan fingerprint density at radius 3 is 2.58 bits per heavy atom. The normalized spacial score (nSPS) is 12.7. The van der Waals surface area contributed by atoms with Crippen LogP contribution in [-0.2, 0) is 12.8 Å². The van der Waals surface area contributed by atoms with Gasteiger partial charge in [0.2, 0.25) is 0 Å². The van der Waals surface area contributed by atoms with Crippen LogP contribution < -0.4 is 5.73 Å². The van der Waals surface area contributed by atoms with E-state index in [1.807, 2.05) is 11.6 Å². The molecule has 2 N–H and O–H groups in total. The third-order valence-electron chi connectivity index (χ3n) is 3.27. The van der Waals surface area contributed by atoms with E-state index >= 15 is 0 Å². The SMILES string of the molecule is CCc1cc(CC)n(-c2ccc(F)cc2[C@@H](C)N)n1. The zero-order valence-electron chi connectivity index (χ0n) is 11.7. The van der Waals surface area contributed by atoms with Gasteiger partial charge in [-0.15, -0.1) is 0 Å². The van der Waals surface area contributed by atoms with Crippen LogP contribution in [0.25, 0.3) is 5.69 Å². The monoisotopic (exact) mass is 261 g/mol. The van der Waals surface area contributed by atoms with Gasteiger partial charge in [0.15, 0.2) is 0 Å². The van der Waals surface area contributed by atoms with Crippen LogP contribution in [0.3, 0.4) is 0 Å². The topological polar surface area (TPSA) is 43.8 Å². The molecule has 0 unspecified atom stereocenters. The maximum atomic E-state index is 13.4. The van der Waals surface area contributed by atoms with Crippen molar-refractivity contribution in [3.05, 3.63) is 47.0 Å². The molecule has 19 heavy (non-hydrogen) atoms. The number of aryl methyl sites for hydroxylation is 2. The molecule has 0 amide bonds. The van der Waals surface area contributed by atoms with Crippen LogP contribution in [0.1, 0.15) is 43.8 Å². The zero-order valence-corrected chi connectivity index (χ0v) is 11.7. The van der Waals surface area contributed by atoms with Crippen LogP contribution in [0, 0.1) is 5.82 Å². The number of nitrogens with zero attached hydrogens (tertiary/aromatic N) is 2. The van der Waals surface area contributed by atoms with Crippen molar-refractivity contribution in [2.24, 2.45) is 5.73 Å². The van der Waals surface area contributed by atoms with Crippen molar-refractivity contribution in [3.8, 4) is 5.69 Å². The van der Waals surface area contributed by atoms with E-state index in [1.165, 1.54) is 12.1 Å². The van der Waals surface area contributed by atoms with Gasteiger partial charge in [0.05, 0.1) is 11.4 Å². The Morgan fingerprint density at radius 1 is 1.26 bits per heavy atom. The van der Waals surface area contributed by atoms with Gasteiger partial charge in [0, 0.05) is 11.7 Å². The number of benzene rings is 1. The van der Waals surface area contributed by atoms with Gasteiger partial charge in [0.1, 0.15) is 5.82 Å². The van der Waals surface area contributed by atoms with Crippen molar-refractivity contribution < 1.29 is 4.39 Å². The second-order valence-corrected chi connectivity index (χ2v) is 4.74. The Bertz CT molecular complexity index is 573. The summed E-state index contributed by atoms with van der Waals surface area (Å²) in [6, 6.07) is 6.55. The summed E-state index contributed by atoms with van der Waals surface area (Å²) in [7, 11) is 0. The van der Waals surface area contributed by atoms with Crippen molar-refractivity contribution in [3.63, 3.8) is 0 Å². The van der Waals surface area contributed by atoms with E-state index < -0.39 is 0 Å². The van der Waals surface area contributed by atoms with Crippen LogP contribution >= 0.6 is 0 Å². The molecule has 2 rings (SSSR count). The van der Waals surface area contributed by atoms with E-state index in [0.717, 1.165) is 35.5 Å². The Kier molecular flexibility index (Phi) is 4.00. The fourth-order valence-corrected chi connectivity index (χ4v) is 2.19. The lowest BCUT2D eigenvalue weighted by Crippen LogP contribution is -2.12. The number of hydrogen-bond donors (Lipinski definition) is 1. The van der Waals surface area contributed by atoms with Crippen molar-refractivity contribution in [2.75, 3.05) is 0 Å². The first kappa shape index (κ1) is 13.7. The highest BCUT2D eigenvalue weighted by atomic mass is 19.1. The molecule has 0 aliphatic heterocycles. The molecule has 4 heteroatoms. The van der Waals surface area contributed by atoms with Crippen molar-refractivity contribution in [2.45, 2.75) is 39.7 Å². The van der Waals surface area contributed by atoms with Gasteiger partial charge in [-0.1, -0.05) is 13.8 Å². The Balaban J connectivity index is 2.60. The molecule has 102 valence electrons. The molecule has 0 aliphatic rings. The lowest BCUT2D eigenvalue weighted by atomic mass is 10.1. The van der Waals surface area contributed by atoms with E-state index in [2.05, 4.69) is 25.0 Å². The summed E-state index contributed by atoms with van der Waals surface area (Å²) in [5.41, 5.74) is 9.75. The Morgan fingerprint density at radius 2 is 2.00 bits per heavy atom. The molecule has 1 atom stereocenters. The minimum atomic E-state index is -0.267. The molecule has 0 saturated carbocycles. The average Bonchev–Trinajstić information content (AvgIpc) is 2.81. The highest BCUT2D eigenvalue weighted by Crippen LogP contribution is 2.23. The van der Waals surface area contributed by atoms with Crippen LogP contribution in [0.4, 0.5) is 4.39 Å². The second-order valence-electron chi connectivity index (χ2n) is 4.74. The molecule has 0 saturated heterocycles. The minimum absolute atomic E-state index is 0.232. The smallest absolute Gasteiger partial charge is 0.123 e. The van der Waals surface area contributed by atoms with E-state index in [1.54, 1.807) is 6.07 Å². The maximum absolute atomic E-state index is 13.4. The van der Waals surface area contributed by atoms with Crippen molar-refractivity contribution >= 4 is 0 Å². The number of nitrogens with two attached hydrogens (primary N) is 1. The van der Waals surface area contributed by atoms with Gasteiger partial charge in [0.25, 0.3) is 0 Å². The zero-order chi connectivity index (χ0) is 14.0. The molecule has 1 aromatic carbocycles. The highest BCUT2D eigenvalue weighted by Gasteiger charge is 2.14. The first-order valence-electron chi connectivity index (χ1n) is 6.70. The highest BCUT2D eigenvalue weighted by molar-refractivity contribution is 5.44. The predicted molar refractivity (Wildman–Crippen MR) is 74.9 cm³/mol. The average molecular weight is 261 g/mol. The molecule has 2 aromatic rings. The summed E-state index contributed by atoms with van der Waals surface area (Å²) < 4.78 is 15.3. The standard InChI is InChI=1S/C15H20FN3/c1-4-12-9-13(5-2)19(18-12)15-7-6-11(16)8-14(15)10(3)17/h6-10H,4-5,17H2,1-3H3/t10-/m1/s1. The third kappa shape index (κ3) is 2.68. The van der Waals surface area contributed by atoms with E-state index in [0.29, 0.717) is 0 Å². The number of hydrogen-bond acceptors (Lipinski definition) is 2. The Labute approximate surface area is 113 Å². The Hall–Kier alpha value is -1.68. The second kappa shape index (κ2) is 5.53. The number of rotatable bonds is 4. The molecule has 0 aliphatic carbocycles. The molecule has 0 bridgehead atoms. The van der Waals surface area contributed by atoms with Crippen LogP contribution in [-0.4, -0.2) is 9.78 Å². The summed E-state index contributed by atoms with van der Waals surface area (Å²) >= 11 is 0. The fourth-order valence-electron chi connectivity index (χ4n) is 2.19. The molecular formula is C15H20FN3. The van der Waals surface area contributed by atoms with E-state index in [4.69, 9.17) is 5.73 Å². The third-order valence-corrected chi connectivity index (χ3v) is 3.27. The van der Waals surface area contributed by atoms with Crippen molar-refractivity contribution in [1.29, 1.82) is 0 Å². The first-order chi connectivity index (χ1) is 9.06. The summed E-state index contributed by atoms with van der Waals surface area (Å²) in [6.07, 6.45) is 1.76. The number of halogens is 1. The van der Waals surface area contributed by atoms with E-state index in [9.17, 15) is 4.39 Å². The van der Waals surface area contributed by atoms with Gasteiger partial charge in [-0.3, -0.25) is 0 Å². The van der Waals surface area contributed by atoms with Gasteiger partial charge in [-0.25, -0.2) is 9.07 Å². The molecule has 1 aromatic heterocycles. The number of aromatic nitrogens is 2. The molecule has 0 radical (unpaired) electrons. The van der Waals surface area contributed by atoms with Crippen LogP contribution in [0.2, 0.25) is 0 Å². The van der Waals surface area contributed by atoms with E-state index in [-0.39, 0.29) is 11.9 Å². The molecular weight excluding hydrogens is 241 g/mol. The summed E-state index contributed by atoms with van der Waals surface area (Å²) in [4.78, 5) is 0. The molecule has 0 spiro atoms. The lowest BCUT2D eigenvalue weighted by Gasteiger charge is -2.14. The summed E-state index contributed by atoms with van der Waals surface area (Å²) in [5, 5.41) is 4.58. The maximum Gasteiger partial charge on any atom is 0.123 e. The minimum Gasteiger partial charge on any atom is -0.324 e. The fraction of sp³-hybridized carbons (Fsp3) is 0.400.